The van der Waals surface area contributed by atoms with E-state index in [4.69, 9.17) is 4.74 Å². The zero-order chi connectivity index (χ0) is 18.4. The number of ether oxygens (including phenoxy) is 1. The van der Waals surface area contributed by atoms with E-state index >= 15 is 0 Å². The van der Waals surface area contributed by atoms with Crippen LogP contribution in [0.15, 0.2) is 30.3 Å². The highest BCUT2D eigenvalue weighted by molar-refractivity contribution is 5.93. The molecule has 7 heteroatoms. The standard InChI is InChI=1S/C19H27N5O2/c1-15-18(21-22-24(15)16-9-11-20-12-10-16)19(25)23(2)13-6-14-26-17-7-4-3-5-8-17/h3-5,7-8,16,20H,6,9-14H2,1-2H3. The van der Waals surface area contributed by atoms with Crippen LogP contribution >= 0.6 is 0 Å². The molecule has 0 spiro atoms. The van der Waals surface area contributed by atoms with Gasteiger partial charge in [-0.1, -0.05) is 23.4 Å². The van der Waals surface area contributed by atoms with E-state index in [2.05, 4.69) is 15.6 Å². The third kappa shape index (κ3) is 4.40. The molecule has 140 valence electrons. The van der Waals surface area contributed by atoms with Crippen LogP contribution in [-0.2, 0) is 0 Å². The van der Waals surface area contributed by atoms with E-state index in [1.165, 1.54) is 0 Å². The number of nitrogens with zero attached hydrogens (tertiary/aromatic N) is 4. The molecule has 0 atom stereocenters. The molecule has 26 heavy (non-hydrogen) atoms. The topological polar surface area (TPSA) is 72.3 Å². The molecule has 0 unspecified atom stereocenters. The molecule has 0 aliphatic carbocycles. The van der Waals surface area contributed by atoms with E-state index in [1.54, 1.807) is 11.9 Å². The lowest BCUT2D eigenvalue weighted by molar-refractivity contribution is 0.0781. The van der Waals surface area contributed by atoms with Crippen molar-refractivity contribution in [3.8, 4) is 5.75 Å². The SMILES string of the molecule is Cc1c(C(=O)N(C)CCCOc2ccccc2)nnn1C1CCNCC1. The summed E-state index contributed by atoms with van der Waals surface area (Å²) in [5.74, 6) is 0.768. The monoisotopic (exact) mass is 357 g/mol. The molecule has 2 aromatic rings. The molecular weight excluding hydrogens is 330 g/mol. The van der Waals surface area contributed by atoms with Crippen molar-refractivity contribution in [2.24, 2.45) is 0 Å². The summed E-state index contributed by atoms with van der Waals surface area (Å²) in [6.45, 7) is 5.08. The lowest BCUT2D eigenvalue weighted by atomic mass is 10.1. The predicted octanol–water partition coefficient (Wildman–Crippen LogP) is 2.05. The molecule has 1 saturated heterocycles. The zero-order valence-corrected chi connectivity index (χ0v) is 15.5. The van der Waals surface area contributed by atoms with Gasteiger partial charge in [-0.2, -0.15) is 0 Å². The molecule has 0 saturated carbocycles. The summed E-state index contributed by atoms with van der Waals surface area (Å²) in [5.41, 5.74) is 1.31. The lowest BCUT2D eigenvalue weighted by Crippen LogP contribution is -2.31. The fourth-order valence-corrected chi connectivity index (χ4v) is 3.23. The van der Waals surface area contributed by atoms with Crippen LogP contribution in [0.1, 0.15) is 41.5 Å². The fraction of sp³-hybridized carbons (Fsp3) is 0.526. The molecular formula is C19H27N5O2. The summed E-state index contributed by atoms with van der Waals surface area (Å²) in [4.78, 5) is 14.4. The van der Waals surface area contributed by atoms with Gasteiger partial charge in [-0.15, -0.1) is 5.10 Å². The smallest absolute Gasteiger partial charge is 0.276 e. The number of para-hydroxylation sites is 1. The largest absolute Gasteiger partial charge is 0.494 e. The van der Waals surface area contributed by atoms with Crippen LogP contribution in [0.2, 0.25) is 0 Å². The van der Waals surface area contributed by atoms with Gasteiger partial charge in [0.2, 0.25) is 0 Å². The first kappa shape index (κ1) is 18.4. The number of amides is 1. The number of hydrogen-bond acceptors (Lipinski definition) is 5. The van der Waals surface area contributed by atoms with Crippen molar-refractivity contribution in [2.45, 2.75) is 32.2 Å². The normalized spacial score (nSPS) is 15.0. The summed E-state index contributed by atoms with van der Waals surface area (Å²) in [5, 5.41) is 11.7. The Balaban J connectivity index is 1.51. The maximum absolute atomic E-state index is 12.7. The molecule has 1 N–H and O–H groups in total. The third-order valence-corrected chi connectivity index (χ3v) is 4.78. The van der Waals surface area contributed by atoms with Crippen molar-refractivity contribution >= 4 is 5.91 Å². The molecule has 0 bridgehead atoms. The van der Waals surface area contributed by atoms with E-state index in [1.807, 2.05) is 41.9 Å². The first-order valence-electron chi connectivity index (χ1n) is 9.22. The van der Waals surface area contributed by atoms with Crippen molar-refractivity contribution in [3.05, 3.63) is 41.7 Å². The summed E-state index contributed by atoms with van der Waals surface area (Å²) in [7, 11) is 1.80. The van der Waals surface area contributed by atoms with Crippen LogP contribution in [-0.4, -0.2) is 59.1 Å². The molecule has 3 rings (SSSR count). The number of piperidine rings is 1. The van der Waals surface area contributed by atoms with Crippen LogP contribution in [0.25, 0.3) is 0 Å². The van der Waals surface area contributed by atoms with Gasteiger partial charge in [-0.05, 0) is 51.4 Å². The number of benzene rings is 1. The number of aromatic nitrogens is 3. The fourth-order valence-electron chi connectivity index (χ4n) is 3.23. The second kappa shape index (κ2) is 8.80. The number of rotatable bonds is 7. The number of carbonyl (C=O) groups is 1. The van der Waals surface area contributed by atoms with Crippen LogP contribution in [0.4, 0.5) is 0 Å². The van der Waals surface area contributed by atoms with E-state index in [0.29, 0.717) is 24.9 Å². The number of nitrogens with one attached hydrogen (secondary N) is 1. The van der Waals surface area contributed by atoms with Crippen molar-refractivity contribution in [1.29, 1.82) is 0 Å². The van der Waals surface area contributed by atoms with Crippen LogP contribution < -0.4 is 10.1 Å². The Morgan fingerprint density at radius 1 is 1.31 bits per heavy atom. The van der Waals surface area contributed by atoms with Crippen LogP contribution in [0.3, 0.4) is 0 Å². The highest BCUT2D eigenvalue weighted by Crippen LogP contribution is 2.20. The van der Waals surface area contributed by atoms with Crippen LogP contribution in [0.5, 0.6) is 5.75 Å². The van der Waals surface area contributed by atoms with Gasteiger partial charge in [0.05, 0.1) is 18.3 Å². The van der Waals surface area contributed by atoms with Gasteiger partial charge >= 0.3 is 0 Å². The molecule has 1 aromatic heterocycles. The predicted molar refractivity (Wildman–Crippen MR) is 99.4 cm³/mol. The van der Waals surface area contributed by atoms with Crippen molar-refractivity contribution in [3.63, 3.8) is 0 Å². The van der Waals surface area contributed by atoms with Crippen molar-refractivity contribution < 1.29 is 9.53 Å². The molecule has 2 heterocycles. The van der Waals surface area contributed by atoms with Gasteiger partial charge < -0.3 is 15.0 Å². The van der Waals surface area contributed by atoms with Gasteiger partial charge in [0.25, 0.3) is 5.91 Å². The molecule has 1 aliphatic heterocycles. The first-order valence-corrected chi connectivity index (χ1v) is 9.22. The second-order valence-electron chi connectivity index (χ2n) is 6.69. The minimum atomic E-state index is -0.0811. The van der Waals surface area contributed by atoms with E-state index < -0.39 is 0 Å². The minimum absolute atomic E-state index is 0.0811. The van der Waals surface area contributed by atoms with Crippen LogP contribution in [0, 0.1) is 6.92 Å². The molecule has 1 fully saturated rings. The lowest BCUT2D eigenvalue weighted by Gasteiger charge is -2.23. The van der Waals surface area contributed by atoms with Gasteiger partial charge in [0.15, 0.2) is 5.69 Å². The first-order chi connectivity index (χ1) is 12.7. The average molecular weight is 357 g/mol. The molecule has 1 aliphatic rings. The Morgan fingerprint density at radius 2 is 2.04 bits per heavy atom. The highest BCUT2D eigenvalue weighted by Gasteiger charge is 2.24. The highest BCUT2D eigenvalue weighted by atomic mass is 16.5. The Hall–Kier alpha value is -2.41. The van der Waals surface area contributed by atoms with Gasteiger partial charge in [-0.3, -0.25) is 4.79 Å². The van der Waals surface area contributed by atoms with Gasteiger partial charge in [0, 0.05) is 13.6 Å². The maximum Gasteiger partial charge on any atom is 0.276 e. The summed E-state index contributed by atoms with van der Waals surface area (Å²) in [6, 6.07) is 10.0. The Bertz CT molecular complexity index is 710. The number of hydrogen-bond donors (Lipinski definition) is 1. The van der Waals surface area contributed by atoms with E-state index in [-0.39, 0.29) is 5.91 Å². The van der Waals surface area contributed by atoms with Gasteiger partial charge in [0.1, 0.15) is 5.75 Å². The second-order valence-corrected chi connectivity index (χ2v) is 6.69. The third-order valence-electron chi connectivity index (χ3n) is 4.78. The minimum Gasteiger partial charge on any atom is -0.494 e. The van der Waals surface area contributed by atoms with Gasteiger partial charge in [-0.25, -0.2) is 4.68 Å². The van der Waals surface area contributed by atoms with Crippen molar-refractivity contribution in [1.82, 2.24) is 25.2 Å². The zero-order valence-electron chi connectivity index (χ0n) is 15.5. The Morgan fingerprint density at radius 3 is 2.77 bits per heavy atom. The Kier molecular flexibility index (Phi) is 6.22. The Labute approximate surface area is 154 Å². The molecule has 7 nitrogen and oxygen atoms in total. The quantitative estimate of drug-likeness (QED) is 0.768. The molecule has 1 amide bonds. The summed E-state index contributed by atoms with van der Waals surface area (Å²) in [6.07, 6.45) is 2.80. The van der Waals surface area contributed by atoms with E-state index in [9.17, 15) is 4.79 Å². The summed E-state index contributed by atoms with van der Waals surface area (Å²) < 4.78 is 7.59. The van der Waals surface area contributed by atoms with E-state index in [0.717, 1.165) is 43.8 Å². The van der Waals surface area contributed by atoms with Crippen molar-refractivity contribution in [2.75, 3.05) is 33.3 Å². The summed E-state index contributed by atoms with van der Waals surface area (Å²) >= 11 is 0. The number of carbonyl (C=O) groups excluding carboxylic acids is 1. The molecule has 1 aromatic carbocycles. The average Bonchev–Trinajstić information content (AvgIpc) is 3.07. The molecule has 0 radical (unpaired) electrons. The maximum atomic E-state index is 12.7.